The Morgan fingerprint density at radius 3 is 2.27 bits per heavy atom. The molecule has 22 heavy (non-hydrogen) atoms. The van der Waals surface area contributed by atoms with E-state index in [-0.39, 0.29) is 10.6 Å². The summed E-state index contributed by atoms with van der Waals surface area (Å²) in [5, 5.41) is 11.2. The molecular weight excluding hydrogens is 326 g/mol. The Bertz CT molecular complexity index is 800. The van der Waals surface area contributed by atoms with Gasteiger partial charge < -0.3 is 4.74 Å². The topological polar surface area (TPSA) is 86.5 Å². The lowest BCUT2D eigenvalue weighted by Gasteiger charge is -2.06. The van der Waals surface area contributed by atoms with Gasteiger partial charge in [0.05, 0.1) is 21.8 Å². The number of nitro groups is 1. The van der Waals surface area contributed by atoms with Crippen LogP contribution in [-0.2, 0) is 9.84 Å². The molecule has 0 atom stereocenters. The van der Waals surface area contributed by atoms with E-state index in [1.807, 2.05) is 0 Å². The summed E-state index contributed by atoms with van der Waals surface area (Å²) >= 11 is 1.19. The van der Waals surface area contributed by atoms with Gasteiger partial charge in [-0.2, -0.15) is 0 Å². The minimum absolute atomic E-state index is 0.0710. The summed E-state index contributed by atoms with van der Waals surface area (Å²) in [6, 6.07) is 11.0. The molecule has 0 unspecified atom stereocenters. The highest BCUT2D eigenvalue weighted by atomic mass is 32.2. The second-order valence-corrected chi connectivity index (χ2v) is 7.57. The molecule has 2 aromatic rings. The summed E-state index contributed by atoms with van der Waals surface area (Å²) in [7, 11) is -1.94. The van der Waals surface area contributed by atoms with Crippen LogP contribution in [0.1, 0.15) is 0 Å². The number of methoxy groups -OCH3 is 1. The number of ether oxygens (including phenoxy) is 1. The summed E-state index contributed by atoms with van der Waals surface area (Å²) in [5.74, 6) is 0.686. The number of hydrogen-bond acceptors (Lipinski definition) is 6. The van der Waals surface area contributed by atoms with E-state index in [0.717, 1.165) is 17.2 Å². The average molecular weight is 339 g/mol. The largest absolute Gasteiger partial charge is 0.497 e. The van der Waals surface area contributed by atoms with Gasteiger partial charge >= 0.3 is 0 Å². The van der Waals surface area contributed by atoms with Crippen LogP contribution in [0.25, 0.3) is 0 Å². The molecule has 0 aliphatic carbocycles. The molecule has 0 radical (unpaired) electrons. The number of sulfone groups is 1. The molecule has 2 rings (SSSR count). The molecule has 6 nitrogen and oxygen atoms in total. The van der Waals surface area contributed by atoms with E-state index in [2.05, 4.69) is 0 Å². The maximum Gasteiger partial charge on any atom is 0.284 e. The third-order valence-electron chi connectivity index (χ3n) is 2.84. The predicted molar refractivity (Wildman–Crippen MR) is 83.3 cm³/mol. The molecule has 2 aromatic carbocycles. The Hall–Kier alpha value is -2.06. The number of hydrogen-bond donors (Lipinski definition) is 0. The minimum atomic E-state index is -3.49. The van der Waals surface area contributed by atoms with E-state index in [1.165, 1.54) is 23.9 Å². The van der Waals surface area contributed by atoms with Crippen LogP contribution in [0.4, 0.5) is 5.69 Å². The Balaban J connectivity index is 2.39. The van der Waals surface area contributed by atoms with Crippen molar-refractivity contribution in [3.63, 3.8) is 0 Å². The fourth-order valence-corrected chi connectivity index (χ4v) is 3.27. The van der Waals surface area contributed by atoms with Gasteiger partial charge in [0.15, 0.2) is 9.84 Å². The van der Waals surface area contributed by atoms with E-state index in [9.17, 15) is 18.5 Å². The van der Waals surface area contributed by atoms with Gasteiger partial charge in [0.1, 0.15) is 5.75 Å². The number of nitrogens with zero attached hydrogens (tertiary/aromatic N) is 1. The zero-order chi connectivity index (χ0) is 16.3. The molecule has 0 amide bonds. The highest BCUT2D eigenvalue weighted by molar-refractivity contribution is 7.99. The molecular formula is C14H13NO5S2. The highest BCUT2D eigenvalue weighted by Gasteiger charge is 2.19. The minimum Gasteiger partial charge on any atom is -0.497 e. The lowest BCUT2D eigenvalue weighted by Crippen LogP contribution is -1.99. The quantitative estimate of drug-likeness (QED) is 0.614. The third-order valence-corrected chi connectivity index (χ3v) is 5.03. The molecule has 0 aromatic heterocycles. The number of rotatable bonds is 5. The second-order valence-electron chi connectivity index (χ2n) is 4.44. The van der Waals surface area contributed by atoms with Crippen molar-refractivity contribution in [2.75, 3.05) is 13.4 Å². The first-order valence-corrected chi connectivity index (χ1v) is 8.82. The van der Waals surface area contributed by atoms with Crippen LogP contribution >= 0.6 is 11.8 Å². The fourth-order valence-electron chi connectivity index (χ4n) is 1.73. The van der Waals surface area contributed by atoms with Gasteiger partial charge in [0, 0.05) is 17.2 Å². The van der Waals surface area contributed by atoms with Gasteiger partial charge in [-0.25, -0.2) is 8.42 Å². The standard InChI is InChI=1S/C14H13NO5S2/c1-20-10-3-5-11(6-4-10)21-14-8-7-12(22(2,18)19)9-13(14)15(16)17/h3-9H,1-2H3. The highest BCUT2D eigenvalue weighted by Crippen LogP contribution is 2.36. The summed E-state index contributed by atoms with van der Waals surface area (Å²) < 4.78 is 28.1. The van der Waals surface area contributed by atoms with Crippen molar-refractivity contribution < 1.29 is 18.1 Å². The lowest BCUT2D eigenvalue weighted by atomic mass is 10.3. The van der Waals surface area contributed by atoms with E-state index < -0.39 is 14.8 Å². The smallest absolute Gasteiger partial charge is 0.284 e. The Kier molecular flexibility index (Phi) is 4.72. The van der Waals surface area contributed by atoms with Crippen LogP contribution in [0.2, 0.25) is 0 Å². The van der Waals surface area contributed by atoms with E-state index in [1.54, 1.807) is 31.4 Å². The van der Waals surface area contributed by atoms with E-state index >= 15 is 0 Å². The fraction of sp³-hybridized carbons (Fsp3) is 0.143. The lowest BCUT2D eigenvalue weighted by molar-refractivity contribution is -0.388. The number of nitro benzene ring substituents is 1. The maximum atomic E-state index is 11.5. The van der Waals surface area contributed by atoms with Crippen molar-refractivity contribution in [1.29, 1.82) is 0 Å². The zero-order valence-corrected chi connectivity index (χ0v) is 13.5. The van der Waals surface area contributed by atoms with Gasteiger partial charge in [-0.05, 0) is 36.4 Å². The monoisotopic (exact) mass is 339 g/mol. The molecule has 0 fully saturated rings. The van der Waals surface area contributed by atoms with E-state index in [4.69, 9.17) is 4.74 Å². The van der Waals surface area contributed by atoms with Gasteiger partial charge in [-0.15, -0.1) is 0 Å². The molecule has 0 heterocycles. The first-order chi connectivity index (χ1) is 10.3. The van der Waals surface area contributed by atoms with Gasteiger partial charge in [0.25, 0.3) is 5.69 Å². The second kappa shape index (κ2) is 6.37. The van der Waals surface area contributed by atoms with Crippen molar-refractivity contribution in [2.45, 2.75) is 14.7 Å². The zero-order valence-electron chi connectivity index (χ0n) is 11.8. The summed E-state index contributed by atoms with van der Waals surface area (Å²) in [6.45, 7) is 0. The molecule has 0 spiro atoms. The van der Waals surface area contributed by atoms with Crippen LogP contribution < -0.4 is 4.74 Å². The van der Waals surface area contributed by atoms with Gasteiger partial charge in [0.2, 0.25) is 0 Å². The SMILES string of the molecule is COc1ccc(Sc2ccc(S(C)(=O)=O)cc2[N+](=O)[O-])cc1. The molecule has 116 valence electrons. The normalized spacial score (nSPS) is 11.2. The Morgan fingerprint density at radius 1 is 1.14 bits per heavy atom. The average Bonchev–Trinajstić information content (AvgIpc) is 2.47. The predicted octanol–water partition coefficient (Wildman–Crippen LogP) is 3.16. The molecule has 0 saturated heterocycles. The molecule has 0 aliphatic rings. The third kappa shape index (κ3) is 3.77. The maximum absolute atomic E-state index is 11.5. The van der Waals surface area contributed by atoms with Crippen molar-refractivity contribution in [3.8, 4) is 5.75 Å². The first kappa shape index (κ1) is 16.3. The number of benzene rings is 2. The van der Waals surface area contributed by atoms with Crippen molar-refractivity contribution in [3.05, 3.63) is 52.6 Å². The summed E-state index contributed by atoms with van der Waals surface area (Å²) in [5.41, 5.74) is -0.233. The molecule has 0 N–H and O–H groups in total. The van der Waals surface area contributed by atoms with E-state index in [0.29, 0.717) is 10.6 Å². The Labute approximate surface area is 132 Å². The van der Waals surface area contributed by atoms with Gasteiger partial charge in [-0.1, -0.05) is 11.8 Å². The van der Waals surface area contributed by atoms with Crippen LogP contribution in [0, 0.1) is 10.1 Å². The van der Waals surface area contributed by atoms with Gasteiger partial charge in [-0.3, -0.25) is 10.1 Å². The molecule has 0 bridgehead atoms. The van der Waals surface area contributed by atoms with Crippen molar-refractivity contribution in [2.24, 2.45) is 0 Å². The molecule has 0 saturated carbocycles. The van der Waals surface area contributed by atoms with Crippen molar-refractivity contribution >= 4 is 27.3 Å². The first-order valence-electron chi connectivity index (χ1n) is 6.11. The van der Waals surface area contributed by atoms with Crippen LogP contribution in [0.3, 0.4) is 0 Å². The Morgan fingerprint density at radius 2 is 1.77 bits per heavy atom. The molecule has 0 aliphatic heterocycles. The van der Waals surface area contributed by atoms with Crippen LogP contribution in [0.15, 0.2) is 57.2 Å². The van der Waals surface area contributed by atoms with Crippen molar-refractivity contribution in [1.82, 2.24) is 0 Å². The van der Waals surface area contributed by atoms with Crippen LogP contribution in [0.5, 0.6) is 5.75 Å². The summed E-state index contributed by atoms with van der Waals surface area (Å²) in [4.78, 5) is 11.7. The summed E-state index contributed by atoms with van der Waals surface area (Å²) in [6.07, 6.45) is 1.02. The molecule has 8 heteroatoms. The van der Waals surface area contributed by atoms with Crippen LogP contribution in [-0.4, -0.2) is 26.7 Å².